The summed E-state index contributed by atoms with van der Waals surface area (Å²) in [5.74, 6) is 5.27. The van der Waals surface area contributed by atoms with Gasteiger partial charge in [0.2, 0.25) is 0 Å². The molecule has 1 aromatic heterocycles. The number of aryl methyl sites for hydroxylation is 1. The second kappa shape index (κ2) is 4.85. The summed E-state index contributed by atoms with van der Waals surface area (Å²) in [6, 6.07) is 4.40. The molecular formula is C9H15N3. The summed E-state index contributed by atoms with van der Waals surface area (Å²) >= 11 is 0. The summed E-state index contributed by atoms with van der Waals surface area (Å²) in [5.41, 5.74) is 3.98. The molecule has 66 valence electrons. The highest BCUT2D eigenvalue weighted by Gasteiger charge is 1.98. The van der Waals surface area contributed by atoms with Crippen molar-refractivity contribution in [2.24, 2.45) is 5.84 Å². The molecule has 0 aliphatic rings. The van der Waals surface area contributed by atoms with E-state index in [1.165, 1.54) is 5.56 Å². The predicted octanol–water partition coefficient (Wildman–Crippen LogP) is 0.866. The molecule has 0 spiro atoms. The lowest BCUT2D eigenvalue weighted by molar-refractivity contribution is 0.531. The molecule has 0 saturated carbocycles. The Morgan fingerprint density at radius 2 is 2.50 bits per heavy atom. The van der Waals surface area contributed by atoms with E-state index in [1.54, 1.807) is 6.20 Å². The van der Waals surface area contributed by atoms with Crippen molar-refractivity contribution in [2.45, 2.75) is 25.8 Å². The molecule has 3 heteroatoms. The van der Waals surface area contributed by atoms with Crippen LogP contribution >= 0.6 is 0 Å². The number of nitrogens with one attached hydrogen (secondary N) is 1. The average molecular weight is 165 g/mol. The van der Waals surface area contributed by atoms with Gasteiger partial charge in [0.05, 0.1) is 0 Å². The molecule has 0 fully saturated rings. The van der Waals surface area contributed by atoms with Crippen LogP contribution in [0.2, 0.25) is 0 Å². The predicted molar refractivity (Wildman–Crippen MR) is 49.3 cm³/mol. The fraction of sp³-hybridized carbons (Fsp3) is 0.444. The van der Waals surface area contributed by atoms with Crippen molar-refractivity contribution in [2.75, 3.05) is 0 Å². The van der Waals surface area contributed by atoms with Gasteiger partial charge < -0.3 is 0 Å². The number of nitrogens with zero attached hydrogens (tertiary/aromatic N) is 1. The topological polar surface area (TPSA) is 50.9 Å². The lowest BCUT2D eigenvalue weighted by Gasteiger charge is -2.08. The third kappa shape index (κ3) is 2.98. The van der Waals surface area contributed by atoms with Crippen molar-refractivity contribution in [1.82, 2.24) is 10.4 Å². The van der Waals surface area contributed by atoms with Gasteiger partial charge in [-0.3, -0.25) is 16.3 Å². The molecule has 0 aliphatic heterocycles. The Labute approximate surface area is 73.0 Å². The van der Waals surface area contributed by atoms with Crippen LogP contribution in [0.15, 0.2) is 24.5 Å². The van der Waals surface area contributed by atoms with Crippen LogP contribution in [-0.2, 0) is 6.42 Å². The Kier molecular flexibility index (Phi) is 3.70. The SMILES string of the molecule is CC(CCc1cccnc1)NN. The second-order valence-electron chi connectivity index (χ2n) is 2.97. The molecule has 1 heterocycles. The first kappa shape index (κ1) is 9.16. The summed E-state index contributed by atoms with van der Waals surface area (Å²) in [6.45, 7) is 2.07. The Morgan fingerprint density at radius 1 is 1.67 bits per heavy atom. The lowest BCUT2D eigenvalue weighted by Crippen LogP contribution is -2.32. The van der Waals surface area contributed by atoms with Gasteiger partial charge in [0, 0.05) is 18.4 Å². The molecule has 0 radical (unpaired) electrons. The lowest BCUT2D eigenvalue weighted by atomic mass is 10.1. The van der Waals surface area contributed by atoms with Gasteiger partial charge in [0.1, 0.15) is 0 Å². The smallest absolute Gasteiger partial charge is 0.0299 e. The minimum absolute atomic E-state index is 0.366. The molecule has 0 aromatic carbocycles. The van der Waals surface area contributed by atoms with E-state index in [1.807, 2.05) is 12.3 Å². The van der Waals surface area contributed by atoms with Crippen LogP contribution < -0.4 is 11.3 Å². The molecule has 1 unspecified atom stereocenters. The van der Waals surface area contributed by atoms with Crippen molar-refractivity contribution < 1.29 is 0 Å². The molecule has 0 amide bonds. The third-order valence-corrected chi connectivity index (χ3v) is 1.87. The van der Waals surface area contributed by atoms with Gasteiger partial charge in [0.25, 0.3) is 0 Å². The molecule has 1 rings (SSSR count). The Hall–Kier alpha value is -0.930. The van der Waals surface area contributed by atoms with Crippen molar-refractivity contribution in [3.63, 3.8) is 0 Å². The van der Waals surface area contributed by atoms with E-state index in [-0.39, 0.29) is 0 Å². The number of hydrogen-bond donors (Lipinski definition) is 2. The minimum atomic E-state index is 0.366. The maximum absolute atomic E-state index is 5.27. The van der Waals surface area contributed by atoms with Crippen LogP contribution in [0, 0.1) is 0 Å². The van der Waals surface area contributed by atoms with E-state index >= 15 is 0 Å². The van der Waals surface area contributed by atoms with Crippen molar-refractivity contribution >= 4 is 0 Å². The summed E-state index contributed by atoms with van der Waals surface area (Å²) in [6.07, 6.45) is 5.75. The Morgan fingerprint density at radius 3 is 3.08 bits per heavy atom. The van der Waals surface area contributed by atoms with E-state index in [4.69, 9.17) is 5.84 Å². The zero-order valence-corrected chi connectivity index (χ0v) is 7.33. The number of hydrogen-bond acceptors (Lipinski definition) is 3. The van der Waals surface area contributed by atoms with Gasteiger partial charge in [-0.25, -0.2) is 0 Å². The summed E-state index contributed by atoms with van der Waals surface area (Å²) in [5, 5.41) is 0. The molecule has 1 atom stereocenters. The number of hydrazine groups is 1. The van der Waals surface area contributed by atoms with E-state index in [9.17, 15) is 0 Å². The summed E-state index contributed by atoms with van der Waals surface area (Å²) in [7, 11) is 0. The zero-order chi connectivity index (χ0) is 8.81. The minimum Gasteiger partial charge on any atom is -0.271 e. The van der Waals surface area contributed by atoms with E-state index in [0.29, 0.717) is 6.04 Å². The van der Waals surface area contributed by atoms with Crippen molar-refractivity contribution in [1.29, 1.82) is 0 Å². The molecule has 1 aromatic rings. The van der Waals surface area contributed by atoms with Gasteiger partial charge in [-0.15, -0.1) is 0 Å². The maximum Gasteiger partial charge on any atom is 0.0299 e. The number of rotatable bonds is 4. The standard InChI is InChI=1S/C9H15N3/c1-8(12-10)4-5-9-3-2-6-11-7-9/h2-3,6-8,12H,4-5,10H2,1H3. The van der Waals surface area contributed by atoms with E-state index in [2.05, 4.69) is 23.4 Å². The number of pyridine rings is 1. The quantitative estimate of drug-likeness (QED) is 0.514. The summed E-state index contributed by atoms with van der Waals surface area (Å²) in [4.78, 5) is 4.04. The average Bonchev–Trinajstić information content (AvgIpc) is 2.16. The highest BCUT2D eigenvalue weighted by Crippen LogP contribution is 2.02. The molecule has 0 aliphatic carbocycles. The van der Waals surface area contributed by atoms with Crippen LogP contribution in [0.1, 0.15) is 18.9 Å². The van der Waals surface area contributed by atoms with Crippen LogP contribution in [0.25, 0.3) is 0 Å². The first-order valence-corrected chi connectivity index (χ1v) is 4.18. The monoisotopic (exact) mass is 165 g/mol. The second-order valence-corrected chi connectivity index (χ2v) is 2.97. The van der Waals surface area contributed by atoms with Crippen molar-refractivity contribution in [3.8, 4) is 0 Å². The van der Waals surface area contributed by atoms with Crippen LogP contribution in [0.5, 0.6) is 0 Å². The van der Waals surface area contributed by atoms with E-state index in [0.717, 1.165) is 12.8 Å². The zero-order valence-electron chi connectivity index (χ0n) is 7.33. The first-order valence-electron chi connectivity index (χ1n) is 4.18. The molecule has 12 heavy (non-hydrogen) atoms. The Bertz CT molecular complexity index is 210. The highest BCUT2D eigenvalue weighted by molar-refractivity contribution is 5.08. The van der Waals surface area contributed by atoms with E-state index < -0.39 is 0 Å². The van der Waals surface area contributed by atoms with Gasteiger partial charge in [-0.05, 0) is 31.4 Å². The first-order chi connectivity index (χ1) is 5.83. The molecule has 0 saturated heterocycles. The molecule has 3 N–H and O–H groups in total. The van der Waals surface area contributed by atoms with Crippen molar-refractivity contribution in [3.05, 3.63) is 30.1 Å². The largest absolute Gasteiger partial charge is 0.271 e. The fourth-order valence-electron chi connectivity index (χ4n) is 1.01. The van der Waals surface area contributed by atoms with Crippen LogP contribution in [0.4, 0.5) is 0 Å². The van der Waals surface area contributed by atoms with Crippen LogP contribution in [0.3, 0.4) is 0 Å². The van der Waals surface area contributed by atoms with Gasteiger partial charge in [0.15, 0.2) is 0 Å². The fourth-order valence-corrected chi connectivity index (χ4v) is 1.01. The maximum atomic E-state index is 5.27. The van der Waals surface area contributed by atoms with Gasteiger partial charge in [-0.1, -0.05) is 6.07 Å². The van der Waals surface area contributed by atoms with Gasteiger partial charge in [-0.2, -0.15) is 0 Å². The normalized spacial score (nSPS) is 12.8. The van der Waals surface area contributed by atoms with Crippen LogP contribution in [-0.4, -0.2) is 11.0 Å². The highest BCUT2D eigenvalue weighted by atomic mass is 15.2. The third-order valence-electron chi connectivity index (χ3n) is 1.87. The van der Waals surface area contributed by atoms with Gasteiger partial charge >= 0.3 is 0 Å². The summed E-state index contributed by atoms with van der Waals surface area (Å²) < 4.78 is 0. The Balaban J connectivity index is 2.33. The number of nitrogens with two attached hydrogens (primary N) is 1. The molecule has 3 nitrogen and oxygen atoms in total. The molecular weight excluding hydrogens is 150 g/mol. The molecule has 0 bridgehead atoms. The number of aromatic nitrogens is 1.